The Balaban J connectivity index is 1.10. The summed E-state index contributed by atoms with van der Waals surface area (Å²) in [6, 6.07) is 31.1. The Labute approximate surface area is 343 Å². The fourth-order valence-electron chi connectivity index (χ4n) is 9.69. The van der Waals surface area contributed by atoms with Gasteiger partial charge in [-0.2, -0.15) is 0 Å². The summed E-state index contributed by atoms with van der Waals surface area (Å²) in [5, 5.41) is 3.96. The summed E-state index contributed by atoms with van der Waals surface area (Å²) in [4.78, 5) is 14.8. The van der Waals surface area contributed by atoms with Crippen LogP contribution in [0.1, 0.15) is 104 Å². The van der Waals surface area contributed by atoms with Crippen molar-refractivity contribution < 1.29 is 0 Å². The van der Waals surface area contributed by atoms with Crippen molar-refractivity contribution >= 4 is 22.8 Å². The number of nitrogens with zero attached hydrogens (tertiary/aromatic N) is 3. The summed E-state index contributed by atoms with van der Waals surface area (Å²) < 4.78 is 0. The fourth-order valence-corrected chi connectivity index (χ4v) is 9.69. The zero-order valence-corrected chi connectivity index (χ0v) is 33.5. The highest BCUT2D eigenvalue weighted by Crippen LogP contribution is 2.46. The Bertz CT molecular complexity index is 2570. The topological polar surface area (TPSA) is 49.6 Å². The standard InChI is InChI=1S/C54H50N4/c1-35-16-18-38-11-9-13-46(48(38)30-35)43-31-44(53-36(2)17-19-37-10-3-4-12-47(37)53)33-45(32-43)54-57-51(41-24-20-39(21-25-41)49-14-5-7-28-55-49)34-52(58-54)42-26-22-40(23-27-42)50-15-6-8-29-56-50/h3,5,7-8,10,13-14,16-29,31-36,52-53H,4,6,9,11-12,15,30H2,1-2H3,(H,57,58). The van der Waals surface area contributed by atoms with Gasteiger partial charge < -0.3 is 5.32 Å². The summed E-state index contributed by atoms with van der Waals surface area (Å²) in [6.07, 6.45) is 32.4. The van der Waals surface area contributed by atoms with E-state index in [4.69, 9.17) is 4.99 Å². The number of benzene rings is 3. The first-order valence-electron chi connectivity index (χ1n) is 21.3. The first-order chi connectivity index (χ1) is 28.5. The van der Waals surface area contributed by atoms with Crippen molar-refractivity contribution in [1.29, 1.82) is 0 Å². The highest BCUT2D eigenvalue weighted by atomic mass is 15.0. The van der Waals surface area contributed by atoms with E-state index in [1.165, 1.54) is 44.5 Å². The van der Waals surface area contributed by atoms with Crippen LogP contribution < -0.4 is 5.32 Å². The van der Waals surface area contributed by atoms with Gasteiger partial charge in [-0.1, -0.05) is 129 Å². The third kappa shape index (κ3) is 7.17. The predicted molar refractivity (Wildman–Crippen MR) is 241 cm³/mol. The summed E-state index contributed by atoms with van der Waals surface area (Å²) in [5.41, 5.74) is 18.9. The van der Waals surface area contributed by atoms with E-state index in [2.05, 4.69) is 157 Å². The average molecular weight is 755 g/mol. The third-order valence-electron chi connectivity index (χ3n) is 12.7. The summed E-state index contributed by atoms with van der Waals surface area (Å²) >= 11 is 0. The van der Waals surface area contributed by atoms with Gasteiger partial charge in [0.15, 0.2) is 0 Å². The van der Waals surface area contributed by atoms with Crippen molar-refractivity contribution in [3.05, 3.63) is 208 Å². The van der Waals surface area contributed by atoms with Gasteiger partial charge in [-0.15, -0.1) is 0 Å². The first-order valence-corrected chi connectivity index (χ1v) is 21.3. The van der Waals surface area contributed by atoms with Gasteiger partial charge >= 0.3 is 0 Å². The molecule has 0 saturated carbocycles. The molecule has 0 radical (unpaired) electrons. The van der Waals surface area contributed by atoms with Crippen molar-refractivity contribution in [2.45, 2.75) is 70.8 Å². The molecule has 0 spiro atoms. The van der Waals surface area contributed by atoms with Crippen molar-refractivity contribution in [1.82, 2.24) is 10.3 Å². The van der Waals surface area contributed by atoms with E-state index in [1.54, 1.807) is 5.57 Å². The Morgan fingerprint density at radius 2 is 1.52 bits per heavy atom. The van der Waals surface area contributed by atoms with Crippen molar-refractivity contribution in [2.75, 3.05) is 0 Å². The molecule has 6 aliphatic rings. The lowest BCUT2D eigenvalue weighted by Gasteiger charge is -2.33. The molecular weight excluding hydrogens is 705 g/mol. The van der Waals surface area contributed by atoms with Crippen LogP contribution in [0.3, 0.4) is 0 Å². The summed E-state index contributed by atoms with van der Waals surface area (Å²) in [6.45, 7) is 4.74. The minimum atomic E-state index is -0.0748. The van der Waals surface area contributed by atoms with Crippen LogP contribution >= 0.6 is 0 Å². The van der Waals surface area contributed by atoms with Crippen LogP contribution in [-0.4, -0.2) is 16.5 Å². The van der Waals surface area contributed by atoms with Crippen LogP contribution in [0.4, 0.5) is 0 Å². The van der Waals surface area contributed by atoms with Crippen molar-refractivity contribution in [3.63, 3.8) is 0 Å². The van der Waals surface area contributed by atoms with E-state index in [9.17, 15) is 0 Å². The van der Waals surface area contributed by atoms with E-state index in [1.807, 2.05) is 24.5 Å². The summed E-state index contributed by atoms with van der Waals surface area (Å²) in [5.74, 6) is 2.14. The van der Waals surface area contributed by atoms with Crippen LogP contribution in [0.5, 0.6) is 0 Å². The van der Waals surface area contributed by atoms with Gasteiger partial charge in [-0.3, -0.25) is 9.98 Å². The maximum Gasteiger partial charge on any atom is 0.134 e. The number of aromatic nitrogens is 1. The van der Waals surface area contributed by atoms with Crippen LogP contribution in [0.25, 0.3) is 22.5 Å². The molecule has 4 unspecified atom stereocenters. The normalized spacial score (nSPS) is 23.7. The molecule has 1 N–H and O–H groups in total. The number of amidine groups is 1. The Morgan fingerprint density at radius 1 is 0.690 bits per heavy atom. The van der Waals surface area contributed by atoms with Gasteiger partial charge in [0.1, 0.15) is 5.84 Å². The Kier molecular flexibility index (Phi) is 9.78. The molecule has 0 amide bonds. The average Bonchev–Trinajstić information content (AvgIpc) is 3.29. The van der Waals surface area contributed by atoms with Gasteiger partial charge in [0.25, 0.3) is 0 Å². The molecule has 0 fully saturated rings. The molecule has 4 heteroatoms. The van der Waals surface area contributed by atoms with Gasteiger partial charge in [0.05, 0.1) is 17.4 Å². The maximum atomic E-state index is 5.50. The molecule has 4 atom stereocenters. The number of allylic oxidation sites excluding steroid dienone is 13. The molecule has 1 aromatic heterocycles. The molecule has 286 valence electrons. The molecular formula is C54H50N4. The number of hydrogen-bond acceptors (Lipinski definition) is 4. The van der Waals surface area contributed by atoms with E-state index in [0.717, 1.165) is 84.6 Å². The lowest BCUT2D eigenvalue weighted by Crippen LogP contribution is -2.31. The number of hydrogen-bond donors (Lipinski definition) is 1. The molecule has 0 bridgehead atoms. The first kappa shape index (κ1) is 36.2. The van der Waals surface area contributed by atoms with E-state index < -0.39 is 0 Å². The Hall–Kier alpha value is -6.13. The molecule has 4 aliphatic carbocycles. The molecule has 4 nitrogen and oxygen atoms in total. The van der Waals surface area contributed by atoms with Gasteiger partial charge in [-0.05, 0) is 137 Å². The minimum absolute atomic E-state index is 0.0748. The van der Waals surface area contributed by atoms with Gasteiger partial charge in [0, 0.05) is 35.2 Å². The second-order valence-electron chi connectivity index (χ2n) is 16.7. The van der Waals surface area contributed by atoms with Crippen LogP contribution in [0.2, 0.25) is 0 Å². The van der Waals surface area contributed by atoms with E-state index in [0.29, 0.717) is 17.8 Å². The van der Waals surface area contributed by atoms with Crippen molar-refractivity contribution in [3.8, 4) is 11.3 Å². The van der Waals surface area contributed by atoms with Crippen LogP contribution in [0.15, 0.2) is 184 Å². The third-order valence-corrected chi connectivity index (χ3v) is 12.7. The molecule has 2 aliphatic heterocycles. The lowest BCUT2D eigenvalue weighted by molar-refractivity contribution is 0.578. The smallest absolute Gasteiger partial charge is 0.134 e. The fraction of sp³-hybridized carbons (Fsp3) is 0.241. The SMILES string of the molecule is CC1C=CC2=C(C1)C(c1cc(C3=NC(c4ccc(-c5ccccn5)cc4)=CC(c4ccc(C5=NC=CCC5)cc4)N3)cc(C3C4=C(C=CCC4)C=CC3C)c1)=CCC2. The zero-order chi connectivity index (χ0) is 39.0. The second kappa shape index (κ2) is 15.7. The number of aliphatic imine (C=N–C) groups is 2. The van der Waals surface area contributed by atoms with Crippen LogP contribution in [-0.2, 0) is 0 Å². The van der Waals surface area contributed by atoms with E-state index >= 15 is 0 Å². The number of pyridine rings is 1. The van der Waals surface area contributed by atoms with E-state index in [-0.39, 0.29) is 6.04 Å². The second-order valence-corrected chi connectivity index (χ2v) is 16.7. The highest BCUT2D eigenvalue weighted by Gasteiger charge is 2.30. The van der Waals surface area contributed by atoms with Gasteiger partial charge in [-0.25, -0.2) is 4.99 Å². The molecule has 3 aromatic carbocycles. The Morgan fingerprint density at radius 3 is 2.34 bits per heavy atom. The maximum absolute atomic E-state index is 5.50. The monoisotopic (exact) mass is 754 g/mol. The molecule has 58 heavy (non-hydrogen) atoms. The van der Waals surface area contributed by atoms with Crippen LogP contribution in [0, 0.1) is 11.8 Å². The number of rotatable bonds is 7. The molecule has 10 rings (SSSR count). The van der Waals surface area contributed by atoms with Gasteiger partial charge in [0.2, 0.25) is 0 Å². The quantitative estimate of drug-likeness (QED) is 0.204. The molecule has 0 saturated heterocycles. The zero-order valence-electron chi connectivity index (χ0n) is 33.5. The summed E-state index contributed by atoms with van der Waals surface area (Å²) in [7, 11) is 0. The predicted octanol–water partition coefficient (Wildman–Crippen LogP) is 13.0. The molecule has 4 aromatic rings. The number of nitrogens with one attached hydrogen (secondary N) is 1. The lowest BCUT2D eigenvalue weighted by atomic mass is 9.72. The largest absolute Gasteiger partial charge is 0.359 e. The molecule has 3 heterocycles. The minimum Gasteiger partial charge on any atom is -0.359 e. The highest BCUT2D eigenvalue weighted by molar-refractivity contribution is 6.05. The van der Waals surface area contributed by atoms with Crippen molar-refractivity contribution in [2.24, 2.45) is 21.8 Å².